The van der Waals surface area contributed by atoms with Gasteiger partial charge in [-0.3, -0.25) is 0 Å². The maximum Gasteiger partial charge on any atom is 0.416 e. The third kappa shape index (κ3) is 4.00. The summed E-state index contributed by atoms with van der Waals surface area (Å²) < 4.78 is 43.5. The second-order valence-electron chi connectivity index (χ2n) is 5.40. The van der Waals surface area contributed by atoms with E-state index in [2.05, 4.69) is 15.5 Å². The summed E-state index contributed by atoms with van der Waals surface area (Å²) in [6, 6.07) is 13.8. The molecule has 0 spiro atoms. The molecule has 0 fully saturated rings. The highest BCUT2D eigenvalue weighted by Crippen LogP contribution is 2.32. The Bertz CT molecular complexity index is 927. The molecule has 1 N–H and O–H groups in total. The molecule has 0 bridgehead atoms. The molecule has 0 aliphatic carbocycles. The van der Waals surface area contributed by atoms with Crippen molar-refractivity contribution in [1.82, 2.24) is 10.2 Å². The highest BCUT2D eigenvalue weighted by atomic mass is 19.4. The van der Waals surface area contributed by atoms with Crippen LogP contribution in [0.15, 0.2) is 52.9 Å². The van der Waals surface area contributed by atoms with E-state index in [4.69, 9.17) is 9.68 Å². The lowest BCUT2D eigenvalue weighted by Crippen LogP contribution is -2.04. The number of rotatable bonds is 5. The first-order valence-corrected chi connectivity index (χ1v) is 7.70. The van der Waals surface area contributed by atoms with Crippen molar-refractivity contribution in [2.45, 2.75) is 19.0 Å². The molecule has 1 aromatic heterocycles. The Kier molecular flexibility index (Phi) is 4.89. The molecular formula is C18H13F3N4O. The molecule has 0 radical (unpaired) electrons. The van der Waals surface area contributed by atoms with E-state index in [0.717, 1.165) is 12.1 Å². The lowest BCUT2D eigenvalue weighted by Gasteiger charge is -2.11. The SMILES string of the molecule is N#CCCc1nnc(-c2ccccc2Nc2ccc(C(F)(F)F)cc2)o1. The molecule has 5 nitrogen and oxygen atoms in total. The van der Waals surface area contributed by atoms with Crippen LogP contribution in [-0.4, -0.2) is 10.2 Å². The van der Waals surface area contributed by atoms with E-state index < -0.39 is 11.7 Å². The van der Waals surface area contributed by atoms with E-state index in [1.807, 2.05) is 6.07 Å². The molecule has 0 atom stereocenters. The van der Waals surface area contributed by atoms with Gasteiger partial charge in [-0.1, -0.05) is 12.1 Å². The minimum Gasteiger partial charge on any atom is -0.421 e. The van der Waals surface area contributed by atoms with Gasteiger partial charge in [0.25, 0.3) is 0 Å². The number of nitriles is 1. The minimum atomic E-state index is -4.37. The smallest absolute Gasteiger partial charge is 0.416 e. The standard InChI is InChI=1S/C18H13F3N4O/c19-18(20,21)12-7-9-13(10-8-12)23-15-5-2-1-4-14(15)17-25-24-16(26-17)6-3-11-22/h1-2,4-5,7-10,23H,3,6H2. The molecule has 0 saturated heterocycles. The first kappa shape index (κ1) is 17.5. The molecule has 0 unspecified atom stereocenters. The lowest BCUT2D eigenvalue weighted by molar-refractivity contribution is -0.137. The minimum absolute atomic E-state index is 0.271. The summed E-state index contributed by atoms with van der Waals surface area (Å²) in [6.07, 6.45) is -3.74. The second-order valence-corrected chi connectivity index (χ2v) is 5.40. The molecule has 0 aliphatic rings. The Hall–Kier alpha value is -3.34. The van der Waals surface area contributed by atoms with Gasteiger partial charge in [-0.15, -0.1) is 10.2 Å². The van der Waals surface area contributed by atoms with Crippen molar-refractivity contribution in [2.24, 2.45) is 0 Å². The first-order chi connectivity index (χ1) is 12.5. The van der Waals surface area contributed by atoms with Crippen LogP contribution in [0.5, 0.6) is 0 Å². The maximum absolute atomic E-state index is 12.7. The Morgan fingerprint density at radius 2 is 1.77 bits per heavy atom. The average molecular weight is 358 g/mol. The van der Waals surface area contributed by atoms with Gasteiger partial charge in [-0.25, -0.2) is 0 Å². The highest BCUT2D eigenvalue weighted by molar-refractivity contribution is 5.76. The monoisotopic (exact) mass is 358 g/mol. The van der Waals surface area contributed by atoms with Crippen LogP contribution in [-0.2, 0) is 12.6 Å². The number of hydrogen-bond acceptors (Lipinski definition) is 5. The van der Waals surface area contributed by atoms with Crippen LogP contribution in [0.4, 0.5) is 24.5 Å². The molecule has 132 valence electrons. The highest BCUT2D eigenvalue weighted by Gasteiger charge is 2.29. The Labute approximate surface area is 147 Å². The lowest BCUT2D eigenvalue weighted by atomic mass is 10.1. The molecule has 8 heteroatoms. The zero-order valence-corrected chi connectivity index (χ0v) is 13.4. The molecule has 2 aromatic carbocycles. The average Bonchev–Trinajstić information content (AvgIpc) is 3.09. The topological polar surface area (TPSA) is 74.7 Å². The zero-order chi connectivity index (χ0) is 18.6. The van der Waals surface area contributed by atoms with Gasteiger partial charge in [0, 0.05) is 18.5 Å². The van der Waals surface area contributed by atoms with Crippen LogP contribution in [0.1, 0.15) is 17.9 Å². The van der Waals surface area contributed by atoms with Crippen molar-refractivity contribution in [2.75, 3.05) is 5.32 Å². The van der Waals surface area contributed by atoms with Gasteiger partial charge in [0.15, 0.2) is 0 Å². The van der Waals surface area contributed by atoms with Crippen LogP contribution < -0.4 is 5.32 Å². The van der Waals surface area contributed by atoms with Crippen LogP contribution >= 0.6 is 0 Å². The van der Waals surface area contributed by atoms with Gasteiger partial charge in [0.2, 0.25) is 11.8 Å². The van der Waals surface area contributed by atoms with Crippen molar-refractivity contribution < 1.29 is 17.6 Å². The quantitative estimate of drug-likeness (QED) is 0.698. The molecule has 3 aromatic rings. The zero-order valence-electron chi connectivity index (χ0n) is 13.4. The summed E-state index contributed by atoms with van der Waals surface area (Å²) in [7, 11) is 0. The number of alkyl halides is 3. The first-order valence-electron chi connectivity index (χ1n) is 7.70. The Morgan fingerprint density at radius 3 is 2.46 bits per heavy atom. The molecule has 0 aliphatic heterocycles. The summed E-state index contributed by atoms with van der Waals surface area (Å²) in [6.45, 7) is 0. The van der Waals surface area contributed by atoms with E-state index in [0.29, 0.717) is 29.2 Å². The van der Waals surface area contributed by atoms with Gasteiger partial charge in [0.1, 0.15) is 0 Å². The van der Waals surface area contributed by atoms with E-state index in [9.17, 15) is 13.2 Å². The fraction of sp³-hybridized carbons (Fsp3) is 0.167. The normalized spacial score (nSPS) is 11.2. The molecule has 26 heavy (non-hydrogen) atoms. The summed E-state index contributed by atoms with van der Waals surface area (Å²) >= 11 is 0. The Balaban J connectivity index is 1.83. The number of nitrogens with zero attached hydrogens (tertiary/aromatic N) is 3. The molecule has 1 heterocycles. The number of anilines is 2. The third-order valence-electron chi connectivity index (χ3n) is 3.57. The third-order valence-corrected chi connectivity index (χ3v) is 3.57. The van der Waals surface area contributed by atoms with Gasteiger partial charge >= 0.3 is 6.18 Å². The summed E-state index contributed by atoms with van der Waals surface area (Å²) in [5, 5.41) is 19.5. The number of para-hydroxylation sites is 1. The molecule has 0 amide bonds. The maximum atomic E-state index is 12.7. The van der Waals surface area contributed by atoms with Crippen molar-refractivity contribution >= 4 is 11.4 Å². The van der Waals surface area contributed by atoms with E-state index in [1.165, 1.54) is 12.1 Å². The van der Waals surface area contributed by atoms with Crippen molar-refractivity contribution in [3.8, 4) is 17.5 Å². The van der Waals surface area contributed by atoms with Gasteiger partial charge in [0.05, 0.1) is 22.9 Å². The summed E-state index contributed by atoms with van der Waals surface area (Å²) in [5.74, 6) is 0.624. The van der Waals surface area contributed by atoms with Crippen molar-refractivity contribution in [3.05, 3.63) is 60.0 Å². The fourth-order valence-electron chi connectivity index (χ4n) is 2.30. The number of nitrogens with one attached hydrogen (secondary N) is 1. The predicted molar refractivity (Wildman–Crippen MR) is 88.4 cm³/mol. The number of halogens is 3. The van der Waals surface area contributed by atoms with E-state index >= 15 is 0 Å². The van der Waals surface area contributed by atoms with Crippen LogP contribution in [0.25, 0.3) is 11.5 Å². The predicted octanol–water partition coefficient (Wildman–Crippen LogP) is 4.96. The Morgan fingerprint density at radius 1 is 1.04 bits per heavy atom. The van der Waals surface area contributed by atoms with E-state index in [1.54, 1.807) is 24.3 Å². The van der Waals surface area contributed by atoms with Crippen molar-refractivity contribution in [3.63, 3.8) is 0 Å². The number of hydrogen-bond donors (Lipinski definition) is 1. The van der Waals surface area contributed by atoms with Gasteiger partial charge < -0.3 is 9.73 Å². The second kappa shape index (κ2) is 7.27. The number of aryl methyl sites for hydroxylation is 1. The summed E-state index contributed by atoms with van der Waals surface area (Å²) in [4.78, 5) is 0. The molecule has 0 saturated carbocycles. The molecular weight excluding hydrogens is 345 g/mol. The van der Waals surface area contributed by atoms with Crippen molar-refractivity contribution in [1.29, 1.82) is 5.26 Å². The molecule has 3 rings (SSSR count). The van der Waals surface area contributed by atoms with Crippen LogP contribution in [0.3, 0.4) is 0 Å². The fourth-order valence-corrected chi connectivity index (χ4v) is 2.30. The summed E-state index contributed by atoms with van der Waals surface area (Å²) in [5.41, 5.74) is 1.01. The van der Waals surface area contributed by atoms with Gasteiger partial charge in [-0.05, 0) is 36.4 Å². The number of aromatic nitrogens is 2. The largest absolute Gasteiger partial charge is 0.421 e. The van der Waals surface area contributed by atoms with Crippen LogP contribution in [0, 0.1) is 11.3 Å². The van der Waals surface area contributed by atoms with Crippen LogP contribution in [0.2, 0.25) is 0 Å². The van der Waals surface area contributed by atoms with Gasteiger partial charge in [-0.2, -0.15) is 18.4 Å². The number of benzene rings is 2. The van der Waals surface area contributed by atoms with E-state index in [-0.39, 0.29) is 12.3 Å².